The standard InChI is InChI=1S/C72H110N12O20/c1-7-42(4)61-72(103)104-49-28-24-46(25-29-49)39-55(80-64(95)50(20-16-36-73)77-65(96)51(31-34-59(90)91)76-58(89)40-48(87)19-15-13-11-9-8-10-12-14-18-41(2)3)68(99)83-62(44(6)85)70(101)79-53(32-35-60(92)93)63(94)75-43(5)71(102)84-37-17-21-56(84)69(100)78-52(30-33-57(74)88)66(97)81-54(67(98)82-61)38-45-22-26-47(86)27-23-45/h22-29,41-44,48,50-56,61-62,85-87H,7-21,30-40,73H2,1-6H3,(H2,74,88)(H,75,94)(H,76,89)(H,77,96)(H,78,100)(H,79,101)(H,80,95)(H,81,97)(H,82,98)(H,83,99)(H,90,91)(H,92,93)/t42?,43-,44+,48?,50-,51-,52-,53-,54-,55-,56-,61-,62-/m0/s1. The number of fused-ring (bicyclic) bond motifs is 23. The average molecular weight is 1460 g/mol. The highest BCUT2D eigenvalue weighted by Gasteiger charge is 2.41. The Morgan fingerprint density at radius 1 is 0.615 bits per heavy atom. The summed E-state index contributed by atoms with van der Waals surface area (Å²) in [5.74, 6) is -14.7. The first-order chi connectivity index (χ1) is 49.3. The van der Waals surface area contributed by atoms with Crippen LogP contribution in [-0.4, -0.2) is 199 Å². The van der Waals surface area contributed by atoms with E-state index in [0.717, 1.165) is 43.9 Å². The number of hydrogen-bond donors (Lipinski definition) is 16. The Kier molecular flexibility index (Phi) is 37.7. The minimum atomic E-state index is -1.98. The van der Waals surface area contributed by atoms with Crippen molar-refractivity contribution in [2.45, 2.75) is 268 Å². The molecule has 1 fully saturated rings. The molecule has 0 aromatic heterocycles. The molecule has 1 saturated heterocycles. The number of aromatic hydroxyl groups is 1. The van der Waals surface area contributed by atoms with E-state index in [0.29, 0.717) is 30.7 Å². The highest BCUT2D eigenvalue weighted by molar-refractivity contribution is 5.99. The van der Waals surface area contributed by atoms with Crippen LogP contribution in [0.4, 0.5) is 0 Å². The van der Waals surface area contributed by atoms with Gasteiger partial charge in [-0.25, -0.2) is 4.79 Å². The van der Waals surface area contributed by atoms with Crippen LogP contribution >= 0.6 is 0 Å². The zero-order chi connectivity index (χ0) is 77.2. The van der Waals surface area contributed by atoms with Crippen LogP contribution in [0.15, 0.2) is 48.5 Å². The second kappa shape index (κ2) is 45.0. The molecule has 0 aliphatic carbocycles. The number of hydrogen-bond acceptors (Lipinski definition) is 19. The molecule has 0 saturated carbocycles. The molecular formula is C72H110N12O20. The number of esters is 1. The van der Waals surface area contributed by atoms with E-state index in [1.165, 1.54) is 74.7 Å². The topological polar surface area (TPSA) is 513 Å². The second-order valence-electron chi connectivity index (χ2n) is 27.5. The molecule has 2 bridgehead atoms. The first kappa shape index (κ1) is 87.1. The number of nitrogens with zero attached hydrogens (tertiary/aromatic N) is 1. The van der Waals surface area contributed by atoms with Crippen LogP contribution in [0.25, 0.3) is 0 Å². The van der Waals surface area contributed by atoms with E-state index in [1.54, 1.807) is 13.8 Å². The molecule has 11 amide bonds. The van der Waals surface area contributed by atoms with Crippen molar-refractivity contribution in [2.75, 3.05) is 13.1 Å². The molecule has 2 unspecified atom stereocenters. The van der Waals surface area contributed by atoms with Gasteiger partial charge in [-0.1, -0.05) is 116 Å². The Hall–Kier alpha value is -9.30. The molecule has 2 aromatic carbocycles. The highest BCUT2D eigenvalue weighted by atomic mass is 16.5. The van der Waals surface area contributed by atoms with Crippen LogP contribution in [0.5, 0.6) is 11.5 Å². The van der Waals surface area contributed by atoms with Crippen LogP contribution in [0.3, 0.4) is 0 Å². The molecule has 5 rings (SSSR count). The Balaban J connectivity index is 1.75. The zero-order valence-electron chi connectivity index (χ0n) is 60.5. The number of amides is 11. The minimum absolute atomic E-state index is 0.0229. The van der Waals surface area contributed by atoms with Crippen molar-refractivity contribution in [2.24, 2.45) is 23.3 Å². The number of unbranched alkanes of at least 4 members (excludes halogenated alkanes) is 7. The van der Waals surface area contributed by atoms with Gasteiger partial charge >= 0.3 is 17.9 Å². The van der Waals surface area contributed by atoms with E-state index < -0.39 is 213 Å². The molecule has 578 valence electrons. The molecular weight excluding hydrogens is 1350 g/mol. The Morgan fingerprint density at radius 2 is 1.17 bits per heavy atom. The minimum Gasteiger partial charge on any atom is -0.508 e. The summed E-state index contributed by atoms with van der Waals surface area (Å²) in [5.41, 5.74) is 12.0. The number of carboxylic acids is 2. The summed E-state index contributed by atoms with van der Waals surface area (Å²) >= 11 is 0. The maximum Gasteiger partial charge on any atom is 0.334 e. The van der Waals surface area contributed by atoms with E-state index in [4.69, 9.17) is 16.2 Å². The number of nitrogens with one attached hydrogen (secondary N) is 9. The monoisotopic (exact) mass is 1460 g/mol. The molecule has 2 aromatic rings. The Labute approximate surface area is 606 Å². The first-order valence-electron chi connectivity index (χ1n) is 36.2. The van der Waals surface area contributed by atoms with Crippen molar-refractivity contribution in [3.05, 3.63) is 59.7 Å². The first-order valence-corrected chi connectivity index (χ1v) is 36.2. The number of aliphatic hydroxyl groups excluding tert-OH is 2. The lowest BCUT2D eigenvalue weighted by molar-refractivity contribution is -0.143. The van der Waals surface area contributed by atoms with E-state index in [2.05, 4.69) is 61.7 Å². The molecule has 32 nitrogen and oxygen atoms in total. The highest BCUT2D eigenvalue weighted by Crippen LogP contribution is 2.23. The number of benzene rings is 2. The van der Waals surface area contributed by atoms with Gasteiger partial charge in [0.2, 0.25) is 65.0 Å². The van der Waals surface area contributed by atoms with Gasteiger partial charge in [0.25, 0.3) is 0 Å². The number of carbonyl (C=O) groups excluding carboxylic acids is 12. The lowest BCUT2D eigenvalue weighted by Gasteiger charge is -2.30. The molecule has 3 aliphatic heterocycles. The summed E-state index contributed by atoms with van der Waals surface area (Å²) in [5, 5.41) is 74.1. The fourth-order valence-electron chi connectivity index (χ4n) is 12.0. The number of phenolic OH excluding ortho intramolecular Hbond substituents is 1. The van der Waals surface area contributed by atoms with Crippen molar-refractivity contribution in [1.29, 1.82) is 0 Å². The van der Waals surface area contributed by atoms with Crippen LogP contribution < -0.4 is 64.1 Å². The SMILES string of the molecule is CCC(C)[C@@H]1NC(=O)[C@H](Cc2ccc(O)cc2)NC(=O)[C@H](CCC(N)=O)NC(=O)[C@@H]2CCCN2C(=O)[C@H](C)NC(=O)[C@H](CCC(=O)O)NC(=O)[C@H]([C@@H](C)O)NC(=O)[C@@H](NC(=O)[C@H](CCCN)NC(=O)[C@H](CCC(=O)O)NC(=O)CC(O)CCCCCCCCCCC(C)C)Cc2ccc(cc2)OC1=O. The number of carboxylic acid groups (broad SMARTS) is 2. The lowest BCUT2D eigenvalue weighted by atomic mass is 9.97. The van der Waals surface area contributed by atoms with E-state index in [9.17, 15) is 92.7 Å². The van der Waals surface area contributed by atoms with Crippen LogP contribution in [0.2, 0.25) is 0 Å². The van der Waals surface area contributed by atoms with Crippen LogP contribution in [0.1, 0.15) is 194 Å². The van der Waals surface area contributed by atoms with Crippen molar-refractivity contribution in [3.63, 3.8) is 0 Å². The van der Waals surface area contributed by atoms with Crippen molar-refractivity contribution in [3.8, 4) is 11.5 Å². The van der Waals surface area contributed by atoms with Crippen molar-refractivity contribution in [1.82, 2.24) is 52.8 Å². The third-order valence-electron chi connectivity index (χ3n) is 18.3. The number of nitrogens with two attached hydrogens (primary N) is 2. The number of aliphatic carboxylic acids is 2. The number of aliphatic hydroxyl groups is 2. The quantitative estimate of drug-likeness (QED) is 0.0198. The predicted molar refractivity (Wildman–Crippen MR) is 379 cm³/mol. The summed E-state index contributed by atoms with van der Waals surface area (Å²) in [6, 6.07) is -4.88. The third-order valence-corrected chi connectivity index (χ3v) is 18.3. The average Bonchev–Trinajstić information content (AvgIpc) is 1.44. The Bertz CT molecular complexity index is 3210. The van der Waals surface area contributed by atoms with Gasteiger partial charge in [-0.3, -0.25) is 62.3 Å². The van der Waals surface area contributed by atoms with Gasteiger partial charge < -0.3 is 94.5 Å². The van der Waals surface area contributed by atoms with Gasteiger partial charge in [-0.15, -0.1) is 0 Å². The van der Waals surface area contributed by atoms with E-state index >= 15 is 0 Å². The number of primary amides is 1. The van der Waals surface area contributed by atoms with Gasteiger partial charge in [0, 0.05) is 38.6 Å². The number of carbonyl (C=O) groups is 14. The lowest BCUT2D eigenvalue weighted by Crippen LogP contribution is -2.62. The van der Waals surface area contributed by atoms with Crippen LogP contribution in [0, 0.1) is 11.8 Å². The maximum absolute atomic E-state index is 14.8. The summed E-state index contributed by atoms with van der Waals surface area (Å²) in [6.45, 7) is 10.1. The summed E-state index contributed by atoms with van der Waals surface area (Å²) < 4.78 is 5.82. The Morgan fingerprint density at radius 3 is 1.76 bits per heavy atom. The van der Waals surface area contributed by atoms with Gasteiger partial charge in [0.05, 0.1) is 18.6 Å². The van der Waals surface area contributed by atoms with Crippen molar-refractivity contribution >= 4 is 82.9 Å². The van der Waals surface area contributed by atoms with Gasteiger partial charge in [0.1, 0.15) is 71.9 Å². The number of rotatable bonds is 35. The van der Waals surface area contributed by atoms with E-state index in [1.807, 2.05) is 0 Å². The molecule has 13 atom stereocenters. The largest absolute Gasteiger partial charge is 0.508 e. The predicted octanol–water partition coefficient (Wildman–Crippen LogP) is 0.939. The molecule has 0 spiro atoms. The molecule has 0 radical (unpaired) electrons. The van der Waals surface area contributed by atoms with E-state index in [-0.39, 0.29) is 62.3 Å². The summed E-state index contributed by atoms with van der Waals surface area (Å²) in [7, 11) is 0. The smallest absolute Gasteiger partial charge is 0.334 e. The summed E-state index contributed by atoms with van der Waals surface area (Å²) in [4.78, 5) is 195. The normalized spacial score (nSPS) is 22.0. The second-order valence-corrected chi connectivity index (χ2v) is 27.5. The third kappa shape index (κ3) is 31.0. The van der Waals surface area contributed by atoms with Gasteiger partial charge in [-0.2, -0.15) is 0 Å². The molecule has 104 heavy (non-hydrogen) atoms. The number of phenols is 1. The fourth-order valence-corrected chi connectivity index (χ4v) is 12.0. The van der Waals surface area contributed by atoms with Crippen molar-refractivity contribution < 1.29 is 97.4 Å². The van der Waals surface area contributed by atoms with Gasteiger partial charge in [0.15, 0.2) is 0 Å². The van der Waals surface area contributed by atoms with Gasteiger partial charge in [-0.05, 0) is 119 Å². The summed E-state index contributed by atoms with van der Waals surface area (Å²) in [6.07, 6.45) is 2.79. The fraction of sp³-hybridized carbons (Fsp3) is 0.639. The number of ether oxygens (including phenoxy) is 1. The molecule has 32 heteroatoms. The van der Waals surface area contributed by atoms with Crippen LogP contribution in [-0.2, 0) is 80.0 Å². The zero-order valence-corrected chi connectivity index (χ0v) is 60.5. The maximum atomic E-state index is 14.8. The molecule has 18 N–H and O–H groups in total. The molecule has 3 aliphatic rings. The molecule has 3 heterocycles.